The van der Waals surface area contributed by atoms with Crippen molar-refractivity contribution in [2.45, 2.75) is 57.4 Å². The zero-order chi connectivity index (χ0) is 14.8. The van der Waals surface area contributed by atoms with Gasteiger partial charge in [-0.3, -0.25) is 0 Å². The summed E-state index contributed by atoms with van der Waals surface area (Å²) in [6, 6.07) is 5.68. The number of rotatable bonds is 4. The molecule has 0 aliphatic heterocycles. The lowest BCUT2D eigenvalue weighted by molar-refractivity contribution is 0.361. The highest BCUT2D eigenvalue weighted by molar-refractivity contribution is 7.88. The molecule has 1 aromatic carbocycles. The summed E-state index contributed by atoms with van der Waals surface area (Å²) in [5.41, 5.74) is 8.94. The van der Waals surface area contributed by atoms with E-state index < -0.39 is 10.0 Å². The second-order valence-corrected chi connectivity index (χ2v) is 7.56. The number of aryl methyl sites for hydroxylation is 2. The molecule has 1 fully saturated rings. The SMILES string of the molecule is Cc1cccc(C)c1CS(=O)(=O)NC1CCCCC1N. The van der Waals surface area contributed by atoms with Crippen LogP contribution in [-0.4, -0.2) is 20.5 Å². The second-order valence-electron chi connectivity index (χ2n) is 5.80. The zero-order valence-electron chi connectivity index (χ0n) is 12.2. The summed E-state index contributed by atoms with van der Waals surface area (Å²) in [6.45, 7) is 3.90. The predicted octanol–water partition coefficient (Wildman–Crippen LogP) is 1.99. The molecule has 0 aromatic heterocycles. The zero-order valence-corrected chi connectivity index (χ0v) is 13.0. The van der Waals surface area contributed by atoms with E-state index in [2.05, 4.69) is 4.72 Å². The van der Waals surface area contributed by atoms with Crippen LogP contribution in [-0.2, 0) is 15.8 Å². The molecule has 1 saturated carbocycles. The van der Waals surface area contributed by atoms with E-state index in [1.54, 1.807) is 0 Å². The molecule has 2 unspecified atom stereocenters. The maximum atomic E-state index is 12.4. The molecule has 112 valence electrons. The van der Waals surface area contributed by atoms with E-state index in [9.17, 15) is 8.42 Å². The lowest BCUT2D eigenvalue weighted by Crippen LogP contribution is -2.49. The molecule has 0 heterocycles. The highest BCUT2D eigenvalue weighted by atomic mass is 32.2. The number of hydrogen-bond donors (Lipinski definition) is 2. The number of sulfonamides is 1. The van der Waals surface area contributed by atoms with Crippen molar-refractivity contribution in [1.82, 2.24) is 4.72 Å². The fraction of sp³-hybridized carbons (Fsp3) is 0.600. The average Bonchev–Trinajstić information content (AvgIpc) is 2.37. The van der Waals surface area contributed by atoms with Crippen LogP contribution >= 0.6 is 0 Å². The van der Waals surface area contributed by atoms with Gasteiger partial charge in [0.25, 0.3) is 0 Å². The minimum Gasteiger partial charge on any atom is -0.326 e. The van der Waals surface area contributed by atoms with Gasteiger partial charge in [0.2, 0.25) is 10.0 Å². The molecular formula is C15H24N2O2S. The predicted molar refractivity (Wildman–Crippen MR) is 81.9 cm³/mol. The van der Waals surface area contributed by atoms with E-state index >= 15 is 0 Å². The average molecular weight is 296 g/mol. The van der Waals surface area contributed by atoms with Gasteiger partial charge >= 0.3 is 0 Å². The number of nitrogens with two attached hydrogens (primary N) is 1. The van der Waals surface area contributed by atoms with E-state index in [1.807, 2.05) is 32.0 Å². The fourth-order valence-corrected chi connectivity index (χ4v) is 4.52. The molecule has 20 heavy (non-hydrogen) atoms. The first-order chi connectivity index (χ1) is 9.39. The van der Waals surface area contributed by atoms with E-state index in [0.717, 1.165) is 42.4 Å². The Balaban J connectivity index is 2.11. The molecule has 2 rings (SSSR count). The van der Waals surface area contributed by atoms with Crippen molar-refractivity contribution in [3.8, 4) is 0 Å². The van der Waals surface area contributed by atoms with E-state index in [-0.39, 0.29) is 17.8 Å². The molecule has 0 amide bonds. The van der Waals surface area contributed by atoms with Gasteiger partial charge in [0.05, 0.1) is 5.75 Å². The Kier molecular flexibility index (Phi) is 4.83. The van der Waals surface area contributed by atoms with Crippen LogP contribution in [0.25, 0.3) is 0 Å². The summed E-state index contributed by atoms with van der Waals surface area (Å²) in [7, 11) is -3.34. The van der Waals surface area contributed by atoms with Crippen molar-refractivity contribution >= 4 is 10.0 Å². The third kappa shape index (κ3) is 3.81. The Labute approximate surface area is 121 Å². The van der Waals surface area contributed by atoms with Crippen molar-refractivity contribution in [1.29, 1.82) is 0 Å². The first kappa shape index (κ1) is 15.5. The fourth-order valence-electron chi connectivity index (χ4n) is 2.84. The van der Waals surface area contributed by atoms with Gasteiger partial charge in [-0.2, -0.15) is 0 Å². The first-order valence-electron chi connectivity index (χ1n) is 7.20. The highest BCUT2D eigenvalue weighted by Crippen LogP contribution is 2.20. The van der Waals surface area contributed by atoms with Gasteiger partial charge in [-0.15, -0.1) is 0 Å². The number of nitrogens with one attached hydrogen (secondary N) is 1. The number of benzene rings is 1. The normalized spacial score (nSPS) is 23.8. The molecule has 1 aromatic rings. The molecule has 1 aliphatic carbocycles. The third-order valence-corrected chi connectivity index (χ3v) is 5.46. The topological polar surface area (TPSA) is 72.2 Å². The van der Waals surface area contributed by atoms with Crippen LogP contribution in [0.4, 0.5) is 0 Å². The monoisotopic (exact) mass is 296 g/mol. The largest absolute Gasteiger partial charge is 0.326 e. The van der Waals surface area contributed by atoms with Crippen molar-refractivity contribution in [3.05, 3.63) is 34.9 Å². The van der Waals surface area contributed by atoms with Crippen molar-refractivity contribution in [3.63, 3.8) is 0 Å². The standard InChI is InChI=1S/C15H24N2O2S/c1-11-6-5-7-12(2)13(11)10-20(18,19)17-15-9-4-3-8-14(15)16/h5-7,14-15,17H,3-4,8-10,16H2,1-2H3. The Morgan fingerprint density at radius 2 is 1.80 bits per heavy atom. The van der Waals surface area contributed by atoms with Gasteiger partial charge in [-0.1, -0.05) is 31.0 Å². The van der Waals surface area contributed by atoms with Gasteiger partial charge in [0.15, 0.2) is 0 Å². The Morgan fingerprint density at radius 1 is 1.20 bits per heavy atom. The van der Waals surface area contributed by atoms with Crippen LogP contribution in [0.3, 0.4) is 0 Å². The molecule has 0 bridgehead atoms. The summed E-state index contributed by atoms with van der Waals surface area (Å²) in [5.74, 6) is 0.0364. The van der Waals surface area contributed by atoms with Gasteiger partial charge in [0, 0.05) is 12.1 Å². The van der Waals surface area contributed by atoms with Gasteiger partial charge in [-0.05, 0) is 43.4 Å². The quantitative estimate of drug-likeness (QED) is 0.892. The Morgan fingerprint density at radius 3 is 2.40 bits per heavy atom. The van der Waals surface area contributed by atoms with Crippen LogP contribution in [0.1, 0.15) is 42.4 Å². The summed E-state index contributed by atoms with van der Waals surface area (Å²) in [6.07, 6.45) is 3.88. The van der Waals surface area contributed by atoms with E-state index in [0.29, 0.717) is 0 Å². The van der Waals surface area contributed by atoms with Crippen LogP contribution in [0, 0.1) is 13.8 Å². The van der Waals surface area contributed by atoms with Crippen LogP contribution in [0.5, 0.6) is 0 Å². The van der Waals surface area contributed by atoms with E-state index in [4.69, 9.17) is 5.73 Å². The van der Waals surface area contributed by atoms with Crippen molar-refractivity contribution in [2.75, 3.05) is 0 Å². The molecular weight excluding hydrogens is 272 g/mol. The molecule has 0 radical (unpaired) electrons. The molecule has 0 spiro atoms. The minimum atomic E-state index is -3.34. The van der Waals surface area contributed by atoms with Crippen LogP contribution in [0.2, 0.25) is 0 Å². The summed E-state index contributed by atoms with van der Waals surface area (Å²) >= 11 is 0. The maximum Gasteiger partial charge on any atom is 0.216 e. The smallest absolute Gasteiger partial charge is 0.216 e. The van der Waals surface area contributed by atoms with Crippen LogP contribution in [0.15, 0.2) is 18.2 Å². The molecule has 4 nitrogen and oxygen atoms in total. The van der Waals surface area contributed by atoms with Gasteiger partial charge < -0.3 is 5.73 Å². The second kappa shape index (κ2) is 6.24. The minimum absolute atomic E-state index is 0.0364. The van der Waals surface area contributed by atoms with Gasteiger partial charge in [0.1, 0.15) is 0 Å². The lowest BCUT2D eigenvalue weighted by atomic mass is 9.92. The molecule has 3 N–H and O–H groups in total. The van der Waals surface area contributed by atoms with Crippen molar-refractivity contribution in [2.24, 2.45) is 5.73 Å². The molecule has 2 atom stereocenters. The van der Waals surface area contributed by atoms with Crippen molar-refractivity contribution < 1.29 is 8.42 Å². The molecule has 5 heteroatoms. The van der Waals surface area contributed by atoms with Crippen LogP contribution < -0.4 is 10.5 Å². The first-order valence-corrected chi connectivity index (χ1v) is 8.85. The summed E-state index contributed by atoms with van der Waals surface area (Å²) < 4.78 is 27.5. The Hall–Kier alpha value is -0.910. The van der Waals surface area contributed by atoms with Gasteiger partial charge in [-0.25, -0.2) is 13.1 Å². The molecule has 0 saturated heterocycles. The Bertz CT molecular complexity index is 549. The lowest BCUT2D eigenvalue weighted by Gasteiger charge is -2.29. The summed E-state index contributed by atoms with van der Waals surface area (Å²) in [4.78, 5) is 0. The number of hydrogen-bond acceptors (Lipinski definition) is 3. The molecule has 1 aliphatic rings. The maximum absolute atomic E-state index is 12.4. The third-order valence-electron chi connectivity index (χ3n) is 4.13. The summed E-state index contributed by atoms with van der Waals surface area (Å²) in [5, 5.41) is 0. The highest BCUT2D eigenvalue weighted by Gasteiger charge is 2.26. The van der Waals surface area contributed by atoms with E-state index in [1.165, 1.54) is 0 Å².